The number of carbonyl (C=O) groups is 1. The Morgan fingerprint density at radius 3 is 3.09 bits per heavy atom. The van der Waals surface area contributed by atoms with Crippen LogP contribution in [0.1, 0.15) is 32.6 Å². The highest BCUT2D eigenvalue weighted by molar-refractivity contribution is 7.22. The van der Waals surface area contributed by atoms with Crippen molar-refractivity contribution in [3.63, 3.8) is 0 Å². The van der Waals surface area contributed by atoms with Crippen LogP contribution in [0.4, 0.5) is 5.13 Å². The van der Waals surface area contributed by atoms with Gasteiger partial charge in [0.1, 0.15) is 12.4 Å². The quantitative estimate of drug-likeness (QED) is 0.902. The van der Waals surface area contributed by atoms with Crippen molar-refractivity contribution >= 4 is 32.6 Å². The molecule has 0 saturated heterocycles. The van der Waals surface area contributed by atoms with E-state index in [0.717, 1.165) is 28.8 Å². The van der Waals surface area contributed by atoms with Gasteiger partial charge in [0.25, 0.3) is 5.91 Å². The molecule has 2 unspecified atom stereocenters. The lowest BCUT2D eigenvalue weighted by atomic mass is 9.89. The van der Waals surface area contributed by atoms with Gasteiger partial charge in [-0.1, -0.05) is 31.1 Å². The van der Waals surface area contributed by atoms with Crippen LogP contribution in [0.15, 0.2) is 18.2 Å². The van der Waals surface area contributed by atoms with Gasteiger partial charge in [0.05, 0.1) is 23.4 Å². The highest BCUT2D eigenvalue weighted by Crippen LogP contribution is 2.29. The van der Waals surface area contributed by atoms with E-state index < -0.39 is 0 Å². The number of methoxy groups -OCH3 is 1. The number of ether oxygens (including phenoxy) is 2. The molecule has 0 spiro atoms. The number of fused-ring (bicyclic) bond motifs is 1. The molecule has 124 valence electrons. The Morgan fingerprint density at radius 1 is 1.43 bits per heavy atom. The van der Waals surface area contributed by atoms with Crippen molar-refractivity contribution in [1.82, 2.24) is 4.98 Å². The third-order valence-electron chi connectivity index (χ3n) is 4.18. The number of amides is 1. The minimum Gasteiger partial charge on any atom is -0.497 e. The van der Waals surface area contributed by atoms with Crippen LogP contribution < -0.4 is 10.1 Å². The molecule has 0 aliphatic heterocycles. The number of carbonyl (C=O) groups excluding carboxylic acids is 1. The molecular weight excluding hydrogens is 312 g/mol. The lowest BCUT2D eigenvalue weighted by molar-refractivity contribution is -0.123. The molecule has 1 saturated carbocycles. The SMILES string of the molecule is COc1ccc2nc(NC(=O)COC3CCCC(C)C3)sc2c1. The zero-order chi connectivity index (χ0) is 16.2. The van der Waals surface area contributed by atoms with Crippen LogP contribution in [-0.4, -0.2) is 30.7 Å². The molecule has 1 aliphatic carbocycles. The topological polar surface area (TPSA) is 60.5 Å². The fourth-order valence-corrected chi connectivity index (χ4v) is 3.87. The Balaban J connectivity index is 1.55. The van der Waals surface area contributed by atoms with Gasteiger partial charge in [-0.3, -0.25) is 10.1 Å². The van der Waals surface area contributed by atoms with Gasteiger partial charge >= 0.3 is 0 Å². The molecule has 1 fully saturated rings. The summed E-state index contributed by atoms with van der Waals surface area (Å²) in [5.74, 6) is 1.33. The van der Waals surface area contributed by atoms with E-state index in [1.54, 1.807) is 7.11 Å². The number of aromatic nitrogens is 1. The summed E-state index contributed by atoms with van der Waals surface area (Å²) >= 11 is 1.44. The molecule has 1 aromatic carbocycles. The lowest BCUT2D eigenvalue weighted by Gasteiger charge is -2.26. The second kappa shape index (κ2) is 7.27. The Morgan fingerprint density at radius 2 is 2.30 bits per heavy atom. The molecule has 1 aliphatic rings. The Kier molecular flexibility index (Phi) is 5.13. The summed E-state index contributed by atoms with van der Waals surface area (Å²) in [6.45, 7) is 2.33. The fourth-order valence-electron chi connectivity index (χ4n) is 2.96. The molecular formula is C17H22N2O3S. The van der Waals surface area contributed by atoms with Crippen LogP contribution in [0.2, 0.25) is 0 Å². The summed E-state index contributed by atoms with van der Waals surface area (Å²) in [5, 5.41) is 3.42. The third-order valence-corrected chi connectivity index (χ3v) is 5.11. The Hall–Kier alpha value is -1.66. The van der Waals surface area contributed by atoms with Gasteiger partial charge in [-0.25, -0.2) is 4.98 Å². The number of thiazole rings is 1. The first-order valence-electron chi connectivity index (χ1n) is 8.00. The van der Waals surface area contributed by atoms with E-state index in [1.807, 2.05) is 18.2 Å². The monoisotopic (exact) mass is 334 g/mol. The summed E-state index contributed by atoms with van der Waals surface area (Å²) in [5.41, 5.74) is 0.855. The summed E-state index contributed by atoms with van der Waals surface area (Å²) in [6.07, 6.45) is 4.77. The smallest absolute Gasteiger partial charge is 0.252 e. The van der Waals surface area contributed by atoms with E-state index >= 15 is 0 Å². The minimum absolute atomic E-state index is 0.0939. The first-order chi connectivity index (χ1) is 11.1. The van der Waals surface area contributed by atoms with Gasteiger partial charge in [-0.15, -0.1) is 0 Å². The summed E-state index contributed by atoms with van der Waals surface area (Å²) in [7, 11) is 1.63. The van der Waals surface area contributed by atoms with Crippen molar-refractivity contribution in [3.8, 4) is 5.75 Å². The van der Waals surface area contributed by atoms with Crippen LogP contribution in [0.3, 0.4) is 0 Å². The van der Waals surface area contributed by atoms with Gasteiger partial charge in [0.2, 0.25) is 0 Å². The summed E-state index contributed by atoms with van der Waals surface area (Å²) in [6, 6.07) is 5.67. The number of nitrogens with one attached hydrogen (secondary N) is 1. The van der Waals surface area contributed by atoms with Gasteiger partial charge in [-0.05, 0) is 37.0 Å². The molecule has 3 rings (SSSR count). The molecule has 23 heavy (non-hydrogen) atoms. The maximum absolute atomic E-state index is 12.0. The number of nitrogens with zero attached hydrogens (tertiary/aromatic N) is 1. The molecule has 1 aromatic heterocycles. The first-order valence-corrected chi connectivity index (χ1v) is 8.81. The Bertz CT molecular complexity index is 686. The van der Waals surface area contributed by atoms with E-state index in [-0.39, 0.29) is 18.6 Å². The number of hydrogen-bond donors (Lipinski definition) is 1. The third kappa shape index (κ3) is 4.20. The minimum atomic E-state index is -0.144. The van der Waals surface area contributed by atoms with Gasteiger partial charge in [-0.2, -0.15) is 0 Å². The average molecular weight is 334 g/mol. The van der Waals surface area contributed by atoms with Crippen molar-refractivity contribution in [2.24, 2.45) is 5.92 Å². The van der Waals surface area contributed by atoms with E-state index in [9.17, 15) is 4.79 Å². The molecule has 5 nitrogen and oxygen atoms in total. The normalized spacial score (nSPS) is 21.3. The molecule has 0 radical (unpaired) electrons. The van der Waals surface area contributed by atoms with E-state index in [4.69, 9.17) is 9.47 Å². The highest BCUT2D eigenvalue weighted by atomic mass is 32.1. The summed E-state index contributed by atoms with van der Waals surface area (Å²) < 4.78 is 11.9. The second-order valence-electron chi connectivity index (χ2n) is 6.11. The van der Waals surface area contributed by atoms with E-state index in [0.29, 0.717) is 11.0 Å². The van der Waals surface area contributed by atoms with Crippen molar-refractivity contribution in [2.45, 2.75) is 38.7 Å². The molecule has 2 aromatic rings. The van der Waals surface area contributed by atoms with E-state index in [2.05, 4.69) is 17.2 Å². The molecule has 1 N–H and O–H groups in total. The highest BCUT2D eigenvalue weighted by Gasteiger charge is 2.20. The van der Waals surface area contributed by atoms with Crippen LogP contribution in [0, 0.1) is 5.92 Å². The van der Waals surface area contributed by atoms with Gasteiger partial charge in [0, 0.05) is 0 Å². The van der Waals surface area contributed by atoms with Crippen molar-refractivity contribution < 1.29 is 14.3 Å². The maximum atomic E-state index is 12.0. The predicted molar refractivity (Wildman–Crippen MR) is 92.2 cm³/mol. The molecule has 2 atom stereocenters. The number of rotatable bonds is 5. The van der Waals surface area contributed by atoms with Crippen molar-refractivity contribution in [3.05, 3.63) is 18.2 Å². The zero-order valence-corrected chi connectivity index (χ0v) is 14.3. The fraction of sp³-hybridized carbons (Fsp3) is 0.529. The zero-order valence-electron chi connectivity index (χ0n) is 13.5. The molecule has 6 heteroatoms. The number of anilines is 1. The molecule has 1 heterocycles. The van der Waals surface area contributed by atoms with Gasteiger partial charge in [0.15, 0.2) is 5.13 Å². The van der Waals surface area contributed by atoms with Crippen molar-refractivity contribution in [1.29, 1.82) is 0 Å². The summed E-state index contributed by atoms with van der Waals surface area (Å²) in [4.78, 5) is 16.5. The average Bonchev–Trinajstić information content (AvgIpc) is 2.94. The molecule has 1 amide bonds. The van der Waals surface area contributed by atoms with Gasteiger partial charge < -0.3 is 9.47 Å². The number of hydrogen-bond acceptors (Lipinski definition) is 5. The van der Waals surface area contributed by atoms with Crippen LogP contribution in [-0.2, 0) is 9.53 Å². The second-order valence-corrected chi connectivity index (χ2v) is 7.14. The number of benzene rings is 1. The van der Waals surface area contributed by atoms with Crippen LogP contribution in [0.5, 0.6) is 5.75 Å². The lowest BCUT2D eigenvalue weighted by Crippen LogP contribution is -2.26. The van der Waals surface area contributed by atoms with E-state index in [1.165, 1.54) is 24.2 Å². The van der Waals surface area contributed by atoms with Crippen LogP contribution in [0.25, 0.3) is 10.2 Å². The maximum Gasteiger partial charge on any atom is 0.252 e. The molecule has 0 bridgehead atoms. The first kappa shape index (κ1) is 16.2. The standard InChI is InChI=1S/C17H22N2O3S/c1-11-4-3-5-13(8-11)22-10-16(20)19-17-18-14-7-6-12(21-2)9-15(14)23-17/h6-7,9,11,13H,3-5,8,10H2,1-2H3,(H,18,19,20). The largest absolute Gasteiger partial charge is 0.497 e. The van der Waals surface area contributed by atoms with Crippen molar-refractivity contribution in [2.75, 3.05) is 19.0 Å². The van der Waals surface area contributed by atoms with Crippen LogP contribution >= 0.6 is 11.3 Å². The predicted octanol–water partition coefficient (Wildman–Crippen LogP) is 3.84. The Labute approximate surface area is 140 Å².